The monoisotopic (exact) mass is 416 g/mol. The average molecular weight is 417 g/mol. The number of nitrogens with zero attached hydrogens (tertiary/aromatic N) is 3. The number of likely N-dealkylation sites (tertiary alicyclic amines) is 1. The van der Waals surface area contributed by atoms with Gasteiger partial charge in [-0.1, -0.05) is 17.3 Å². The Morgan fingerprint density at radius 3 is 2.83 bits per heavy atom. The van der Waals surface area contributed by atoms with Crippen molar-refractivity contribution in [3.05, 3.63) is 30.2 Å². The Hall–Kier alpha value is -2.61. The third kappa shape index (κ3) is 5.95. The summed E-state index contributed by atoms with van der Waals surface area (Å²) in [7, 11) is 0. The summed E-state index contributed by atoms with van der Waals surface area (Å²) in [5.74, 6) is 2.21. The summed E-state index contributed by atoms with van der Waals surface area (Å²) < 4.78 is 16.5. The number of hydrogen-bond acceptors (Lipinski definition) is 7. The zero-order valence-corrected chi connectivity index (χ0v) is 18.5. The molecule has 2 aromatic rings. The molecule has 8 heteroatoms. The van der Waals surface area contributed by atoms with E-state index in [0.717, 1.165) is 24.3 Å². The summed E-state index contributed by atoms with van der Waals surface area (Å²) in [6, 6.07) is 8.04. The first-order valence-electron chi connectivity index (χ1n) is 10.5. The number of carbonyl (C=O) groups is 1. The minimum atomic E-state index is -0.491. The summed E-state index contributed by atoms with van der Waals surface area (Å²) in [5, 5.41) is 7.02. The fourth-order valence-electron chi connectivity index (χ4n) is 3.66. The highest BCUT2D eigenvalue weighted by Gasteiger charge is 2.31. The molecule has 1 aromatic carbocycles. The van der Waals surface area contributed by atoms with Gasteiger partial charge in [0.15, 0.2) is 0 Å². The fraction of sp³-hybridized carbons (Fsp3) is 0.591. The average Bonchev–Trinajstić information content (AvgIpc) is 3.27. The van der Waals surface area contributed by atoms with Crippen molar-refractivity contribution in [3.8, 4) is 17.1 Å². The number of benzene rings is 1. The molecular weight excluding hydrogens is 384 g/mol. The Labute approximate surface area is 177 Å². The molecule has 2 heterocycles. The van der Waals surface area contributed by atoms with Crippen molar-refractivity contribution in [2.24, 2.45) is 5.92 Å². The molecule has 1 N–H and O–H groups in total. The Balaban J connectivity index is 1.56. The maximum Gasteiger partial charge on any atom is 0.407 e. The lowest BCUT2D eigenvalue weighted by atomic mass is 10.1. The zero-order chi connectivity index (χ0) is 21.7. The van der Waals surface area contributed by atoms with E-state index in [4.69, 9.17) is 14.0 Å². The minimum absolute atomic E-state index is 0.355. The van der Waals surface area contributed by atoms with Crippen LogP contribution < -0.4 is 10.1 Å². The number of aromatic nitrogens is 2. The van der Waals surface area contributed by atoms with Gasteiger partial charge < -0.3 is 19.3 Å². The summed E-state index contributed by atoms with van der Waals surface area (Å²) in [4.78, 5) is 18.8. The Morgan fingerprint density at radius 2 is 2.10 bits per heavy atom. The molecule has 164 valence electrons. The van der Waals surface area contributed by atoms with Gasteiger partial charge in [-0.3, -0.25) is 4.90 Å². The van der Waals surface area contributed by atoms with Crippen LogP contribution in [-0.4, -0.2) is 52.5 Å². The van der Waals surface area contributed by atoms with Gasteiger partial charge in [0.2, 0.25) is 11.7 Å². The number of nitrogens with one attached hydrogen (secondary N) is 1. The molecule has 1 saturated heterocycles. The van der Waals surface area contributed by atoms with Gasteiger partial charge in [0.25, 0.3) is 0 Å². The van der Waals surface area contributed by atoms with Crippen LogP contribution in [0.3, 0.4) is 0 Å². The number of carbonyl (C=O) groups excluding carboxylic acids is 1. The molecule has 0 unspecified atom stereocenters. The van der Waals surface area contributed by atoms with Gasteiger partial charge in [-0.05, 0) is 59.1 Å². The SMILES string of the molecule is CCOc1ccccc1-c1noc(CN2C[C@H](CNC(=O)OC(C)(C)C)C[C@H]2C)n1. The van der Waals surface area contributed by atoms with E-state index in [2.05, 4.69) is 27.3 Å². The van der Waals surface area contributed by atoms with E-state index in [0.29, 0.717) is 43.4 Å². The second-order valence-electron chi connectivity index (χ2n) is 8.70. The van der Waals surface area contributed by atoms with E-state index in [9.17, 15) is 4.79 Å². The van der Waals surface area contributed by atoms with Crippen molar-refractivity contribution in [3.63, 3.8) is 0 Å². The van der Waals surface area contributed by atoms with E-state index in [1.54, 1.807) is 0 Å². The topological polar surface area (TPSA) is 89.7 Å². The molecule has 0 radical (unpaired) electrons. The molecule has 0 spiro atoms. The molecule has 0 aliphatic carbocycles. The summed E-state index contributed by atoms with van der Waals surface area (Å²) >= 11 is 0. The molecule has 1 aromatic heterocycles. The second kappa shape index (κ2) is 9.47. The normalized spacial score (nSPS) is 19.6. The van der Waals surface area contributed by atoms with Gasteiger partial charge in [-0.25, -0.2) is 4.79 Å². The van der Waals surface area contributed by atoms with Crippen LogP contribution in [0.15, 0.2) is 28.8 Å². The lowest BCUT2D eigenvalue weighted by Crippen LogP contribution is -2.36. The third-order valence-electron chi connectivity index (χ3n) is 4.96. The van der Waals surface area contributed by atoms with Crippen molar-refractivity contribution < 1.29 is 18.8 Å². The predicted octanol–water partition coefficient (Wildman–Crippen LogP) is 3.87. The van der Waals surface area contributed by atoms with Crippen LogP contribution >= 0.6 is 0 Å². The zero-order valence-electron chi connectivity index (χ0n) is 18.5. The van der Waals surface area contributed by atoms with Crippen LogP contribution in [0.5, 0.6) is 5.75 Å². The van der Waals surface area contributed by atoms with Crippen LogP contribution in [-0.2, 0) is 11.3 Å². The standard InChI is InChI=1S/C22H32N4O4/c1-6-28-18-10-8-7-9-17(18)20-24-19(30-25-20)14-26-13-16(11-15(26)2)12-23-21(27)29-22(3,4)5/h7-10,15-16H,6,11-14H2,1-5H3,(H,23,27)/t15-,16+/m1/s1. The first kappa shape index (κ1) is 22.1. The third-order valence-corrected chi connectivity index (χ3v) is 4.96. The van der Waals surface area contributed by atoms with Crippen molar-refractivity contribution in [2.75, 3.05) is 19.7 Å². The Morgan fingerprint density at radius 1 is 1.33 bits per heavy atom. The van der Waals surface area contributed by atoms with Crippen LogP contribution in [0, 0.1) is 5.92 Å². The van der Waals surface area contributed by atoms with Crippen molar-refractivity contribution in [2.45, 2.75) is 59.2 Å². The predicted molar refractivity (Wildman–Crippen MR) is 113 cm³/mol. The molecule has 3 rings (SSSR count). The molecule has 0 bridgehead atoms. The van der Waals surface area contributed by atoms with Gasteiger partial charge in [-0.2, -0.15) is 4.98 Å². The maximum atomic E-state index is 11.9. The first-order chi connectivity index (χ1) is 14.2. The van der Waals surface area contributed by atoms with Crippen LogP contribution in [0.1, 0.15) is 46.9 Å². The fourth-order valence-corrected chi connectivity index (χ4v) is 3.66. The van der Waals surface area contributed by atoms with Gasteiger partial charge in [0, 0.05) is 19.1 Å². The van der Waals surface area contributed by atoms with Gasteiger partial charge in [0.05, 0.1) is 18.7 Å². The number of rotatable bonds is 7. The van der Waals surface area contributed by atoms with Gasteiger partial charge in [0.1, 0.15) is 11.4 Å². The summed E-state index contributed by atoms with van der Waals surface area (Å²) in [6.45, 7) is 12.3. The molecule has 1 amide bonds. The van der Waals surface area contributed by atoms with E-state index in [1.807, 2.05) is 52.0 Å². The smallest absolute Gasteiger partial charge is 0.407 e. The number of alkyl carbamates (subject to hydrolysis) is 1. The second-order valence-corrected chi connectivity index (χ2v) is 8.70. The largest absolute Gasteiger partial charge is 0.493 e. The number of hydrogen-bond donors (Lipinski definition) is 1. The maximum absolute atomic E-state index is 11.9. The number of amides is 1. The lowest BCUT2D eigenvalue weighted by Gasteiger charge is -2.20. The quantitative estimate of drug-likeness (QED) is 0.733. The number of ether oxygens (including phenoxy) is 2. The minimum Gasteiger partial charge on any atom is -0.493 e. The van der Waals surface area contributed by atoms with E-state index < -0.39 is 5.60 Å². The van der Waals surface area contributed by atoms with Gasteiger partial charge >= 0.3 is 6.09 Å². The molecular formula is C22H32N4O4. The molecule has 2 atom stereocenters. The molecule has 0 saturated carbocycles. The molecule has 8 nitrogen and oxygen atoms in total. The van der Waals surface area contributed by atoms with E-state index in [1.165, 1.54) is 0 Å². The molecule has 1 aliphatic heterocycles. The van der Waals surface area contributed by atoms with Crippen LogP contribution in [0.4, 0.5) is 4.79 Å². The van der Waals surface area contributed by atoms with Crippen molar-refractivity contribution in [1.82, 2.24) is 20.4 Å². The van der Waals surface area contributed by atoms with Crippen molar-refractivity contribution >= 4 is 6.09 Å². The highest BCUT2D eigenvalue weighted by atomic mass is 16.6. The van der Waals surface area contributed by atoms with Gasteiger partial charge in [-0.15, -0.1) is 0 Å². The Bertz CT molecular complexity index is 846. The van der Waals surface area contributed by atoms with E-state index >= 15 is 0 Å². The number of para-hydroxylation sites is 1. The molecule has 30 heavy (non-hydrogen) atoms. The highest BCUT2D eigenvalue weighted by molar-refractivity contribution is 5.67. The lowest BCUT2D eigenvalue weighted by molar-refractivity contribution is 0.0519. The molecule has 1 aliphatic rings. The molecule has 1 fully saturated rings. The summed E-state index contributed by atoms with van der Waals surface area (Å²) in [6.07, 6.45) is 0.618. The van der Waals surface area contributed by atoms with E-state index in [-0.39, 0.29) is 6.09 Å². The summed E-state index contributed by atoms with van der Waals surface area (Å²) in [5.41, 5.74) is 0.332. The highest BCUT2D eigenvalue weighted by Crippen LogP contribution is 2.29. The van der Waals surface area contributed by atoms with Crippen LogP contribution in [0.2, 0.25) is 0 Å². The van der Waals surface area contributed by atoms with Crippen LogP contribution in [0.25, 0.3) is 11.4 Å². The van der Waals surface area contributed by atoms with Crippen molar-refractivity contribution in [1.29, 1.82) is 0 Å². The first-order valence-corrected chi connectivity index (χ1v) is 10.5. The Kier molecular flexibility index (Phi) is 6.97.